The maximum Gasteiger partial charge on any atom is 0.325 e. The van der Waals surface area contributed by atoms with Gasteiger partial charge in [-0.1, -0.05) is 60.2 Å². The van der Waals surface area contributed by atoms with Crippen LogP contribution in [0.3, 0.4) is 0 Å². The van der Waals surface area contributed by atoms with Gasteiger partial charge >= 0.3 is 6.03 Å². The van der Waals surface area contributed by atoms with Gasteiger partial charge in [0.1, 0.15) is 12.1 Å². The number of imide groups is 1. The molecule has 2 fully saturated rings. The first-order valence-corrected chi connectivity index (χ1v) is 11.2. The molecule has 168 valence electrons. The molecule has 2 aliphatic rings. The first-order valence-electron chi connectivity index (χ1n) is 11.2. The monoisotopic (exact) mass is 434 g/mol. The minimum atomic E-state index is -1.17. The van der Waals surface area contributed by atoms with Crippen molar-refractivity contribution in [3.05, 3.63) is 71.3 Å². The number of urea groups is 1. The van der Waals surface area contributed by atoms with E-state index in [-0.39, 0.29) is 18.5 Å². The quantitative estimate of drug-likeness (QED) is 0.657. The van der Waals surface area contributed by atoms with Gasteiger partial charge in [0.2, 0.25) is 5.91 Å². The van der Waals surface area contributed by atoms with Crippen LogP contribution in [0.15, 0.2) is 54.6 Å². The number of nitrogens with zero attached hydrogens (tertiary/aromatic N) is 2. The molecule has 4 amide bonds. The summed E-state index contributed by atoms with van der Waals surface area (Å²) in [6.07, 6.45) is 2.30. The van der Waals surface area contributed by atoms with E-state index in [2.05, 4.69) is 27.7 Å². The standard InChI is InChI=1S/C25H30N4O3/c1-18-10-12-20(13-11-18)25(2)23(31)29(24(32)27-25)17-22(30)26-16-21(28-14-6-7-15-28)19-8-4-3-5-9-19/h3-5,8-13,21H,6-7,14-17H2,1-2H3,(H,26,30)(H,27,32)/t21-,25+/m0/s1. The maximum atomic E-state index is 13.1. The minimum Gasteiger partial charge on any atom is -0.353 e. The Morgan fingerprint density at radius 1 is 1.06 bits per heavy atom. The smallest absolute Gasteiger partial charge is 0.325 e. The zero-order valence-corrected chi connectivity index (χ0v) is 18.6. The summed E-state index contributed by atoms with van der Waals surface area (Å²) in [5.74, 6) is -0.762. The van der Waals surface area contributed by atoms with Crippen LogP contribution in [-0.2, 0) is 15.1 Å². The molecular weight excluding hydrogens is 404 g/mol. The Labute approximate surface area is 188 Å². The second-order valence-electron chi connectivity index (χ2n) is 8.79. The summed E-state index contributed by atoms with van der Waals surface area (Å²) in [5.41, 5.74) is 1.74. The second kappa shape index (κ2) is 9.12. The molecule has 2 aromatic carbocycles. The molecular formula is C25H30N4O3. The van der Waals surface area contributed by atoms with Crippen LogP contribution >= 0.6 is 0 Å². The van der Waals surface area contributed by atoms with Crippen LogP contribution in [0.2, 0.25) is 0 Å². The van der Waals surface area contributed by atoms with E-state index in [0.717, 1.165) is 42.0 Å². The zero-order chi connectivity index (χ0) is 22.7. The predicted molar refractivity (Wildman–Crippen MR) is 122 cm³/mol. The molecule has 0 aliphatic carbocycles. The van der Waals surface area contributed by atoms with Gasteiger partial charge in [-0.2, -0.15) is 0 Å². The number of carbonyl (C=O) groups excluding carboxylic acids is 3. The van der Waals surface area contributed by atoms with Crippen molar-refractivity contribution in [2.75, 3.05) is 26.2 Å². The molecule has 32 heavy (non-hydrogen) atoms. The Bertz CT molecular complexity index is 986. The van der Waals surface area contributed by atoms with Crippen molar-refractivity contribution in [3.8, 4) is 0 Å². The third-order valence-electron chi connectivity index (χ3n) is 6.46. The molecule has 7 heteroatoms. The molecule has 0 unspecified atom stereocenters. The summed E-state index contributed by atoms with van der Waals surface area (Å²) in [6, 6.07) is 17.1. The highest BCUT2D eigenvalue weighted by molar-refractivity contribution is 6.09. The third kappa shape index (κ3) is 4.39. The van der Waals surface area contributed by atoms with Crippen molar-refractivity contribution in [2.45, 2.75) is 38.3 Å². The van der Waals surface area contributed by atoms with Gasteiger partial charge in [-0.05, 0) is 50.9 Å². The van der Waals surface area contributed by atoms with Crippen LogP contribution in [0.5, 0.6) is 0 Å². The summed E-state index contributed by atoms with van der Waals surface area (Å²) < 4.78 is 0. The highest BCUT2D eigenvalue weighted by Crippen LogP contribution is 2.29. The van der Waals surface area contributed by atoms with Crippen molar-refractivity contribution >= 4 is 17.8 Å². The molecule has 0 saturated carbocycles. The lowest BCUT2D eigenvalue weighted by molar-refractivity contribution is -0.134. The van der Waals surface area contributed by atoms with Crippen LogP contribution in [0, 0.1) is 6.92 Å². The summed E-state index contributed by atoms with van der Waals surface area (Å²) in [4.78, 5) is 41.7. The molecule has 2 saturated heterocycles. The van der Waals surface area contributed by atoms with Gasteiger partial charge in [-0.25, -0.2) is 4.79 Å². The number of carbonyl (C=O) groups is 3. The third-order valence-corrected chi connectivity index (χ3v) is 6.46. The molecule has 2 aliphatic heterocycles. The Kier molecular flexibility index (Phi) is 6.28. The summed E-state index contributed by atoms with van der Waals surface area (Å²) in [5, 5.41) is 5.70. The van der Waals surface area contributed by atoms with E-state index in [4.69, 9.17) is 0 Å². The number of likely N-dealkylation sites (tertiary alicyclic amines) is 1. The number of hydrogen-bond acceptors (Lipinski definition) is 4. The number of hydrogen-bond donors (Lipinski definition) is 2. The molecule has 0 radical (unpaired) electrons. The Hall–Kier alpha value is -3.19. The fourth-order valence-corrected chi connectivity index (χ4v) is 4.52. The van der Waals surface area contributed by atoms with Gasteiger partial charge in [-0.3, -0.25) is 19.4 Å². The first kappa shape index (κ1) is 22.0. The van der Waals surface area contributed by atoms with Crippen LogP contribution in [0.4, 0.5) is 4.79 Å². The fourth-order valence-electron chi connectivity index (χ4n) is 4.52. The normalized spacial score (nSPS) is 22.1. The van der Waals surface area contributed by atoms with Crippen molar-refractivity contribution in [1.82, 2.24) is 20.4 Å². The molecule has 2 aromatic rings. The molecule has 4 rings (SSSR count). The molecule has 2 atom stereocenters. The topological polar surface area (TPSA) is 81.8 Å². The molecule has 2 N–H and O–H groups in total. The highest BCUT2D eigenvalue weighted by atomic mass is 16.2. The molecule has 0 aromatic heterocycles. The highest BCUT2D eigenvalue weighted by Gasteiger charge is 2.49. The van der Waals surface area contributed by atoms with Gasteiger partial charge in [0.05, 0.1) is 6.04 Å². The number of benzene rings is 2. The maximum absolute atomic E-state index is 13.1. The number of amides is 4. The van der Waals surface area contributed by atoms with Gasteiger partial charge < -0.3 is 10.6 Å². The summed E-state index contributed by atoms with van der Waals surface area (Å²) >= 11 is 0. The van der Waals surface area contributed by atoms with Crippen LogP contribution in [0.1, 0.15) is 42.5 Å². The Balaban J connectivity index is 1.41. The van der Waals surface area contributed by atoms with Gasteiger partial charge in [-0.15, -0.1) is 0 Å². The lowest BCUT2D eigenvalue weighted by Gasteiger charge is -2.28. The SMILES string of the molecule is Cc1ccc([C@@]2(C)NC(=O)N(CC(=O)NC[C@@H](c3ccccc3)N3CCCC3)C2=O)cc1. The van der Waals surface area contributed by atoms with Gasteiger partial charge in [0, 0.05) is 6.54 Å². The van der Waals surface area contributed by atoms with Crippen LogP contribution in [0.25, 0.3) is 0 Å². The summed E-state index contributed by atoms with van der Waals surface area (Å²) in [6.45, 7) is 5.77. The number of nitrogens with one attached hydrogen (secondary N) is 2. The lowest BCUT2D eigenvalue weighted by atomic mass is 9.91. The van der Waals surface area contributed by atoms with E-state index in [1.54, 1.807) is 6.92 Å². The van der Waals surface area contributed by atoms with Crippen molar-refractivity contribution < 1.29 is 14.4 Å². The average Bonchev–Trinajstić information content (AvgIpc) is 3.39. The zero-order valence-electron chi connectivity index (χ0n) is 18.6. The van der Waals surface area contributed by atoms with Crippen LogP contribution in [-0.4, -0.2) is 53.8 Å². The number of rotatable bonds is 7. The van der Waals surface area contributed by atoms with E-state index < -0.39 is 17.5 Å². The van der Waals surface area contributed by atoms with E-state index in [0.29, 0.717) is 12.1 Å². The lowest BCUT2D eigenvalue weighted by Crippen LogP contribution is -2.45. The van der Waals surface area contributed by atoms with E-state index in [9.17, 15) is 14.4 Å². The van der Waals surface area contributed by atoms with Gasteiger partial charge in [0.15, 0.2) is 0 Å². The average molecular weight is 435 g/mol. The Morgan fingerprint density at radius 3 is 2.38 bits per heavy atom. The second-order valence-corrected chi connectivity index (χ2v) is 8.79. The van der Waals surface area contributed by atoms with Crippen LogP contribution < -0.4 is 10.6 Å². The summed E-state index contributed by atoms with van der Waals surface area (Å²) in [7, 11) is 0. The van der Waals surface area contributed by atoms with E-state index in [1.165, 1.54) is 0 Å². The van der Waals surface area contributed by atoms with Crippen molar-refractivity contribution in [2.24, 2.45) is 0 Å². The van der Waals surface area contributed by atoms with Gasteiger partial charge in [0.25, 0.3) is 5.91 Å². The molecule has 7 nitrogen and oxygen atoms in total. The van der Waals surface area contributed by atoms with E-state index in [1.807, 2.05) is 49.4 Å². The predicted octanol–water partition coefficient (Wildman–Crippen LogP) is 2.72. The van der Waals surface area contributed by atoms with Crippen molar-refractivity contribution in [3.63, 3.8) is 0 Å². The van der Waals surface area contributed by atoms with Crippen molar-refractivity contribution in [1.29, 1.82) is 0 Å². The van der Waals surface area contributed by atoms with E-state index >= 15 is 0 Å². The number of aryl methyl sites for hydroxylation is 1. The largest absolute Gasteiger partial charge is 0.353 e. The molecule has 2 heterocycles. The molecule has 0 bridgehead atoms. The fraction of sp³-hybridized carbons (Fsp3) is 0.400. The Morgan fingerprint density at radius 2 is 1.72 bits per heavy atom. The minimum absolute atomic E-state index is 0.0728. The molecule has 0 spiro atoms. The first-order chi connectivity index (χ1) is 15.4.